The molecule has 2 rings (SSSR count). The summed E-state index contributed by atoms with van der Waals surface area (Å²) < 4.78 is 34.2. The first kappa shape index (κ1) is 12.0. The van der Waals surface area contributed by atoms with Crippen LogP contribution in [0, 0.1) is 6.92 Å². The van der Waals surface area contributed by atoms with Crippen molar-refractivity contribution in [2.75, 3.05) is 0 Å². The van der Waals surface area contributed by atoms with E-state index in [1.165, 1.54) is 24.3 Å². The van der Waals surface area contributed by atoms with Gasteiger partial charge in [0.15, 0.2) is 0 Å². The van der Waals surface area contributed by atoms with Gasteiger partial charge in [-0.2, -0.15) is 0 Å². The lowest BCUT2D eigenvalue weighted by molar-refractivity contribution is 0.360. The lowest BCUT2D eigenvalue weighted by Crippen LogP contribution is -2.42. The molecule has 0 aliphatic rings. The number of aromatic hydroxyl groups is 1. The fraction of sp³-hybridized carbons (Fsp3) is 0.0909. The van der Waals surface area contributed by atoms with Crippen molar-refractivity contribution in [2.24, 2.45) is 5.14 Å². The van der Waals surface area contributed by atoms with Crippen LogP contribution in [0.15, 0.2) is 35.2 Å². The summed E-state index contributed by atoms with van der Waals surface area (Å²) in [7, 11) is -5.82. The Labute approximate surface area is 98.1 Å². The van der Waals surface area contributed by atoms with E-state index in [0.29, 0.717) is 10.9 Å². The van der Waals surface area contributed by atoms with Crippen LogP contribution >= 0.6 is 0 Å². The number of hydrogen-bond acceptors (Lipinski definition) is 4. The minimum atomic E-state index is -5.82. The average molecular weight is 253 g/mol. The number of benzene rings is 2. The van der Waals surface area contributed by atoms with Gasteiger partial charge in [0, 0.05) is 10.3 Å². The third-order valence-corrected chi connectivity index (χ3v) is 3.73. The standard InChI is InChI=1S/C11H13NO4S/c1-7-5-6-10(17(12,14,15)16)8-3-2-4-9(13)11(7)8/h2-6,13H,1H3,(H4,12,14,15,16)/p-2. The summed E-state index contributed by atoms with van der Waals surface area (Å²) in [6.45, 7) is 1.70. The lowest BCUT2D eigenvalue weighted by atomic mass is 10.0. The van der Waals surface area contributed by atoms with Gasteiger partial charge in [0.05, 0.1) is 0 Å². The van der Waals surface area contributed by atoms with E-state index in [9.17, 15) is 18.4 Å². The maximum Gasteiger partial charge on any atom is 0.123 e. The average Bonchev–Trinajstić information content (AvgIpc) is 2.14. The first-order valence-corrected chi connectivity index (χ1v) is 6.70. The molecule has 2 aromatic carbocycles. The van der Waals surface area contributed by atoms with Gasteiger partial charge in [0.25, 0.3) is 0 Å². The molecule has 0 unspecified atom stereocenters. The molecule has 0 spiro atoms. The normalized spacial score (nSPS) is 14.5. The third-order valence-electron chi connectivity index (χ3n) is 2.58. The van der Waals surface area contributed by atoms with Crippen molar-refractivity contribution in [3.8, 4) is 5.75 Å². The van der Waals surface area contributed by atoms with E-state index in [1.807, 2.05) is 0 Å². The Kier molecular flexibility index (Phi) is 2.31. The Morgan fingerprint density at radius 2 is 1.88 bits per heavy atom. The first-order chi connectivity index (χ1) is 7.67. The Morgan fingerprint density at radius 3 is 2.47 bits per heavy atom. The predicted molar refractivity (Wildman–Crippen MR) is 62.5 cm³/mol. The summed E-state index contributed by atoms with van der Waals surface area (Å²) in [6.07, 6.45) is 0. The van der Waals surface area contributed by atoms with Crippen molar-refractivity contribution in [3.63, 3.8) is 0 Å². The van der Waals surface area contributed by atoms with E-state index in [-0.39, 0.29) is 11.1 Å². The van der Waals surface area contributed by atoms with Crippen LogP contribution in [0.2, 0.25) is 0 Å². The number of phenolic OH excluding ortho intramolecular Hbond substituents is 1. The molecule has 0 bridgehead atoms. The molecule has 0 aliphatic carbocycles. The number of aryl methyl sites for hydroxylation is 1. The second kappa shape index (κ2) is 3.27. The van der Waals surface area contributed by atoms with E-state index >= 15 is 0 Å². The van der Waals surface area contributed by atoms with Crippen LogP contribution in [-0.4, -0.2) is 18.4 Å². The zero-order valence-electron chi connectivity index (χ0n) is 9.04. The zero-order valence-corrected chi connectivity index (χ0v) is 9.86. The summed E-state index contributed by atoms with van der Waals surface area (Å²) in [4.78, 5) is -0.515. The summed E-state index contributed by atoms with van der Waals surface area (Å²) in [5, 5.41) is 15.0. The second-order valence-corrected chi connectivity index (χ2v) is 6.10. The number of primary sulfonamides is 3. The minimum absolute atomic E-state index is 0.0848. The molecule has 0 radical (unpaired) electrons. The number of hydrogen-bond donors (Lipinski definition) is 2. The molecule has 0 atom stereocenters. The van der Waals surface area contributed by atoms with Crippen molar-refractivity contribution in [1.82, 2.24) is 0 Å². The fourth-order valence-electron chi connectivity index (χ4n) is 1.85. The maximum atomic E-state index is 11.4. The van der Waals surface area contributed by atoms with Crippen molar-refractivity contribution in [1.29, 1.82) is 0 Å². The summed E-state index contributed by atoms with van der Waals surface area (Å²) in [5.41, 5.74) is 0.665. The van der Waals surface area contributed by atoms with Crippen LogP contribution in [0.1, 0.15) is 5.56 Å². The smallest absolute Gasteiger partial charge is 0.123 e. The molecule has 17 heavy (non-hydrogen) atoms. The Balaban J connectivity index is 3.01. The molecule has 6 heteroatoms. The van der Waals surface area contributed by atoms with Crippen LogP contribution in [0.4, 0.5) is 0 Å². The minimum Gasteiger partial charge on any atom is -0.785 e. The molecule has 3 N–H and O–H groups in total. The van der Waals surface area contributed by atoms with Crippen LogP contribution in [0.3, 0.4) is 0 Å². The molecule has 92 valence electrons. The number of fused-ring (bicyclic) bond motifs is 1. The highest BCUT2D eigenvalue weighted by molar-refractivity contribution is 8.08. The summed E-state index contributed by atoms with van der Waals surface area (Å²) >= 11 is 0. The molecule has 0 saturated heterocycles. The molecule has 0 fully saturated rings. The van der Waals surface area contributed by atoms with Gasteiger partial charge in [-0.15, -0.1) is 9.81 Å². The number of nitrogens with two attached hydrogens (primary N) is 1. The van der Waals surface area contributed by atoms with Crippen LogP contribution in [0.25, 0.3) is 10.8 Å². The van der Waals surface area contributed by atoms with Crippen molar-refractivity contribution in [2.45, 2.75) is 11.8 Å². The van der Waals surface area contributed by atoms with E-state index < -0.39 is 14.7 Å². The number of rotatable bonds is 1. The van der Waals surface area contributed by atoms with Crippen LogP contribution in [-0.2, 0) is 9.81 Å². The van der Waals surface area contributed by atoms with E-state index in [1.54, 1.807) is 6.92 Å². The SMILES string of the molecule is Cc1ccc(S(N)(=O)([O-])[O-])c2cccc(O)c12. The molecule has 0 heterocycles. The van der Waals surface area contributed by atoms with Gasteiger partial charge in [-0.25, -0.2) is 0 Å². The topological polar surface area (TPSA) is 109 Å². The second-order valence-electron chi connectivity index (χ2n) is 3.94. The highest BCUT2D eigenvalue weighted by atomic mass is 32.3. The molecule has 0 saturated carbocycles. The third kappa shape index (κ3) is 2.03. The Bertz CT molecular complexity index is 655. The van der Waals surface area contributed by atoms with Gasteiger partial charge in [0.2, 0.25) is 0 Å². The van der Waals surface area contributed by atoms with Crippen LogP contribution < -0.4 is 5.14 Å². The lowest BCUT2D eigenvalue weighted by Gasteiger charge is -2.52. The van der Waals surface area contributed by atoms with Crippen LogP contribution in [0.5, 0.6) is 5.75 Å². The monoisotopic (exact) mass is 253 g/mol. The van der Waals surface area contributed by atoms with E-state index in [2.05, 4.69) is 0 Å². The highest BCUT2D eigenvalue weighted by Crippen LogP contribution is 2.35. The van der Waals surface area contributed by atoms with Crippen molar-refractivity contribution < 1.29 is 18.4 Å². The Morgan fingerprint density at radius 1 is 1.24 bits per heavy atom. The molecular weight excluding hydrogens is 242 g/mol. The van der Waals surface area contributed by atoms with Gasteiger partial charge < -0.3 is 14.2 Å². The maximum absolute atomic E-state index is 11.4. The highest BCUT2D eigenvalue weighted by Gasteiger charge is 2.14. The summed E-state index contributed by atoms with van der Waals surface area (Å²) in [6, 6.07) is 6.91. The summed E-state index contributed by atoms with van der Waals surface area (Å²) in [5.74, 6) is -0.0848. The molecule has 0 aromatic heterocycles. The Hall–Kier alpha value is -1.47. The first-order valence-electron chi connectivity index (χ1n) is 4.82. The molecule has 5 nitrogen and oxygen atoms in total. The molecule has 0 amide bonds. The van der Waals surface area contributed by atoms with E-state index in [4.69, 9.17) is 5.14 Å². The van der Waals surface area contributed by atoms with Gasteiger partial charge in [-0.1, -0.05) is 18.2 Å². The van der Waals surface area contributed by atoms with Gasteiger partial charge in [0.1, 0.15) is 5.75 Å². The molecule has 2 aromatic rings. The predicted octanol–water partition coefficient (Wildman–Crippen LogP) is 1.17. The van der Waals surface area contributed by atoms with Gasteiger partial charge in [-0.3, -0.25) is 9.35 Å². The quantitative estimate of drug-likeness (QED) is 0.794. The molecular formula is C11H11NO4S-2. The van der Waals surface area contributed by atoms with Gasteiger partial charge in [-0.05, 0) is 30.0 Å². The largest absolute Gasteiger partial charge is 0.785 e. The molecule has 0 aliphatic heterocycles. The van der Waals surface area contributed by atoms with E-state index in [0.717, 1.165) is 6.07 Å². The number of phenols is 1. The fourth-order valence-corrected chi connectivity index (χ4v) is 2.73. The zero-order chi connectivity index (χ0) is 12.9. The van der Waals surface area contributed by atoms with Crippen molar-refractivity contribution >= 4 is 20.6 Å². The number of sulfonamides is 3. The van der Waals surface area contributed by atoms with Crippen molar-refractivity contribution in [3.05, 3.63) is 35.9 Å². The van der Waals surface area contributed by atoms with Gasteiger partial charge >= 0.3 is 0 Å².